The Balaban J connectivity index is -0.000000480. The number of hydrogen-bond acceptors (Lipinski definition) is 4. The molecule has 14 heavy (non-hydrogen) atoms. The van der Waals surface area contributed by atoms with E-state index in [1.54, 1.807) is 0 Å². The smallest absolute Gasteiger partial charge is 1.00 e. The minimum absolute atomic E-state index is 0. The zero-order valence-electron chi connectivity index (χ0n) is 8.65. The molecule has 0 fully saturated rings. The topological polar surface area (TPSA) is 80.3 Å². The number of rotatable bonds is 2. The summed E-state index contributed by atoms with van der Waals surface area (Å²) in [6.07, 6.45) is 0. The Bertz CT molecular complexity index is 295. The van der Waals surface area contributed by atoms with Crippen LogP contribution in [0.4, 0.5) is 0 Å². The first-order valence-corrected chi connectivity index (χ1v) is 3.14. The summed E-state index contributed by atoms with van der Waals surface area (Å²) in [4.78, 5) is 20.4. The summed E-state index contributed by atoms with van der Waals surface area (Å²) in [5.74, 6) is -2.67. The van der Waals surface area contributed by atoms with E-state index in [-0.39, 0.29) is 79.8 Å². The average Bonchev–Trinajstić information content (AvgIpc) is 2.04. The molecule has 0 aliphatic carbocycles. The molecule has 0 aromatic heterocycles. The molecule has 1 rings (SSSR count). The number of carboxylic acid groups (broad SMARTS) is 2. The quantitative estimate of drug-likeness (QED) is 0.475. The van der Waals surface area contributed by atoms with Gasteiger partial charge in [0.15, 0.2) is 0 Å². The molecule has 0 spiro atoms. The van der Waals surface area contributed by atoms with Crippen molar-refractivity contribution >= 4 is 49.7 Å². The second-order valence-electron chi connectivity index (χ2n) is 2.15. The molecule has 0 saturated heterocycles. The molecule has 1 aromatic rings. The molecule has 0 atom stereocenters. The maximum Gasteiger partial charge on any atom is 2.00 e. The number of carboxylic acids is 2. The average molecular weight is 228 g/mol. The van der Waals surface area contributed by atoms with Crippen LogP contribution in [-0.4, -0.2) is 49.7 Å². The Morgan fingerprint density at radius 3 is 1.29 bits per heavy atom. The molecule has 0 radical (unpaired) electrons. The van der Waals surface area contributed by atoms with Crippen molar-refractivity contribution in [2.75, 3.05) is 0 Å². The van der Waals surface area contributed by atoms with Gasteiger partial charge in [0.2, 0.25) is 0 Å². The fourth-order valence-electron chi connectivity index (χ4n) is 0.742. The van der Waals surface area contributed by atoms with Gasteiger partial charge in [-0.05, 0) is 11.1 Å². The van der Waals surface area contributed by atoms with Crippen molar-refractivity contribution in [2.24, 2.45) is 0 Å². The molecule has 0 aliphatic heterocycles. The van der Waals surface area contributed by atoms with Crippen LogP contribution < -0.4 is 39.8 Å². The van der Waals surface area contributed by atoms with Gasteiger partial charge in [0.1, 0.15) is 0 Å². The van der Waals surface area contributed by atoms with Crippen LogP contribution in [0.2, 0.25) is 0 Å². The van der Waals surface area contributed by atoms with E-state index in [1.807, 2.05) is 0 Å². The molecule has 4 nitrogen and oxygen atoms in total. The third-order valence-electron chi connectivity index (χ3n) is 1.36. The monoisotopic (exact) mass is 228 g/mol. The Morgan fingerprint density at radius 1 is 0.929 bits per heavy atom. The molecule has 0 N–H and O–H groups in total. The van der Waals surface area contributed by atoms with E-state index in [9.17, 15) is 19.8 Å². The molecule has 0 saturated carbocycles. The normalized spacial score (nSPS) is 8.00. The fraction of sp³-hybridized carbons (Fsp3) is 0. The molecular formula is C8H5CaNaO4. The molecule has 0 heterocycles. The van der Waals surface area contributed by atoms with Gasteiger partial charge in [-0.2, -0.15) is 0 Å². The molecular weight excluding hydrogens is 223 g/mol. The van der Waals surface area contributed by atoms with Gasteiger partial charge in [-0.1, -0.05) is 24.3 Å². The van der Waals surface area contributed by atoms with Gasteiger partial charge in [-0.25, -0.2) is 0 Å². The van der Waals surface area contributed by atoms with Gasteiger partial charge in [0, 0.05) is 0 Å². The first-order valence-electron chi connectivity index (χ1n) is 3.14. The van der Waals surface area contributed by atoms with E-state index in [1.165, 1.54) is 0 Å². The van der Waals surface area contributed by atoms with Crippen LogP contribution >= 0.6 is 0 Å². The molecule has 6 heteroatoms. The van der Waals surface area contributed by atoms with Crippen LogP contribution in [0, 0.1) is 0 Å². The van der Waals surface area contributed by atoms with Crippen molar-refractivity contribution in [3.8, 4) is 0 Å². The number of carbonyl (C=O) groups is 2. The Hall–Kier alpha value is 0.420. The van der Waals surface area contributed by atoms with Crippen molar-refractivity contribution in [3.63, 3.8) is 0 Å². The first-order chi connectivity index (χ1) is 5.61. The Morgan fingerprint density at radius 2 is 1.14 bits per heavy atom. The standard InChI is InChI=1S/C8H6O4.Ca.Na.H/c9-7(10)5-1-2-6(4-3-5)8(11)12;;;/h1-4H,(H,9,10)(H,11,12);;;/q;+2;+1;-1/p-2. The van der Waals surface area contributed by atoms with Crippen LogP contribution in [0.25, 0.3) is 0 Å². The summed E-state index contributed by atoms with van der Waals surface area (Å²) in [7, 11) is 0. The minimum Gasteiger partial charge on any atom is -1.00 e. The van der Waals surface area contributed by atoms with E-state index in [0.29, 0.717) is 0 Å². The van der Waals surface area contributed by atoms with Crippen LogP contribution in [0.15, 0.2) is 24.3 Å². The molecule has 0 unspecified atom stereocenters. The van der Waals surface area contributed by atoms with Gasteiger partial charge < -0.3 is 21.2 Å². The molecule has 1 aromatic carbocycles. The van der Waals surface area contributed by atoms with Crippen molar-refractivity contribution in [2.45, 2.75) is 0 Å². The van der Waals surface area contributed by atoms with Crippen LogP contribution in [0.5, 0.6) is 0 Å². The van der Waals surface area contributed by atoms with Crippen molar-refractivity contribution in [3.05, 3.63) is 35.4 Å². The van der Waals surface area contributed by atoms with Crippen molar-refractivity contribution in [1.29, 1.82) is 0 Å². The van der Waals surface area contributed by atoms with E-state index in [2.05, 4.69) is 0 Å². The maximum atomic E-state index is 10.2. The van der Waals surface area contributed by atoms with Gasteiger partial charge >= 0.3 is 67.3 Å². The number of hydrogen-bond donors (Lipinski definition) is 0. The SMILES string of the molecule is O=C([O-])c1ccc(C(=O)[O-])cc1.[Ca+2].[H-].[Na+]. The maximum absolute atomic E-state index is 10.2. The molecule has 0 aliphatic rings. The third kappa shape index (κ3) is 4.77. The third-order valence-corrected chi connectivity index (χ3v) is 1.36. The van der Waals surface area contributed by atoms with E-state index >= 15 is 0 Å². The fourth-order valence-corrected chi connectivity index (χ4v) is 0.742. The first kappa shape index (κ1) is 16.8. The summed E-state index contributed by atoms with van der Waals surface area (Å²) < 4.78 is 0. The van der Waals surface area contributed by atoms with Crippen LogP contribution in [0.1, 0.15) is 22.1 Å². The second kappa shape index (κ2) is 7.68. The van der Waals surface area contributed by atoms with E-state index < -0.39 is 11.9 Å². The van der Waals surface area contributed by atoms with Crippen molar-refractivity contribution in [1.82, 2.24) is 0 Å². The summed E-state index contributed by atoms with van der Waals surface area (Å²) >= 11 is 0. The summed E-state index contributed by atoms with van der Waals surface area (Å²) in [5, 5.41) is 20.4. The van der Waals surface area contributed by atoms with Gasteiger partial charge in [0.05, 0.1) is 11.9 Å². The number of benzene rings is 1. The van der Waals surface area contributed by atoms with Crippen LogP contribution in [0.3, 0.4) is 0 Å². The van der Waals surface area contributed by atoms with E-state index in [0.717, 1.165) is 24.3 Å². The number of carbonyl (C=O) groups excluding carboxylic acids is 2. The van der Waals surface area contributed by atoms with Gasteiger partial charge in [0.25, 0.3) is 0 Å². The van der Waals surface area contributed by atoms with Crippen LogP contribution in [-0.2, 0) is 0 Å². The van der Waals surface area contributed by atoms with Crippen molar-refractivity contribution < 1.29 is 50.8 Å². The predicted octanol–water partition coefficient (Wildman–Crippen LogP) is -4.85. The zero-order chi connectivity index (χ0) is 9.14. The van der Waals surface area contributed by atoms with Gasteiger partial charge in [-0.15, -0.1) is 0 Å². The summed E-state index contributed by atoms with van der Waals surface area (Å²) in [5.41, 5.74) is -0.111. The minimum atomic E-state index is -1.33. The molecule has 0 amide bonds. The number of aromatic carboxylic acids is 2. The second-order valence-corrected chi connectivity index (χ2v) is 2.15. The predicted molar refractivity (Wildman–Crippen MR) is 42.0 cm³/mol. The van der Waals surface area contributed by atoms with Gasteiger partial charge in [-0.3, -0.25) is 0 Å². The Kier molecular flexibility index (Phi) is 9.23. The zero-order valence-corrected chi connectivity index (χ0v) is 11.9. The summed E-state index contributed by atoms with van der Waals surface area (Å²) in [6, 6.07) is 4.61. The largest absolute Gasteiger partial charge is 2.00 e. The Labute approximate surface area is 134 Å². The molecule has 0 bridgehead atoms. The van der Waals surface area contributed by atoms with E-state index in [4.69, 9.17) is 0 Å². The summed E-state index contributed by atoms with van der Waals surface area (Å²) in [6.45, 7) is 0. The molecule has 64 valence electrons.